The van der Waals surface area contributed by atoms with E-state index >= 15 is 0 Å². The highest BCUT2D eigenvalue weighted by molar-refractivity contribution is 5.74. The molecule has 0 saturated carbocycles. The number of aliphatic hydroxyl groups excluding tert-OH is 20. The first-order valence-electron chi connectivity index (χ1n) is 27.4. The molecule has 0 radical (unpaired) electrons. The molecular formula is C48H83N3O35. The van der Waals surface area contributed by atoms with Crippen molar-refractivity contribution < 1.29 is 173 Å². The van der Waals surface area contributed by atoms with Crippen molar-refractivity contribution in [1.29, 1.82) is 0 Å². The van der Waals surface area contributed by atoms with Gasteiger partial charge in [-0.1, -0.05) is 0 Å². The molecule has 0 aliphatic carbocycles. The summed E-state index contributed by atoms with van der Waals surface area (Å²) in [6.07, 6.45) is -60.8. The fourth-order valence-electron chi connectivity index (χ4n) is 10.6. The number of amides is 3. The lowest BCUT2D eigenvalue weighted by atomic mass is 9.93. The van der Waals surface area contributed by atoms with Crippen LogP contribution in [0.25, 0.3) is 0 Å². The van der Waals surface area contributed by atoms with Gasteiger partial charge in [-0.2, -0.15) is 0 Å². The monoisotopic (exact) mass is 1260 g/mol. The predicted octanol–water partition coefficient (Wildman–Crippen LogP) is -15.2. The lowest BCUT2D eigenvalue weighted by Crippen LogP contribution is -2.71. The summed E-state index contributed by atoms with van der Waals surface area (Å²) in [6.45, 7) is -3.05. The molecule has 86 heavy (non-hydrogen) atoms. The quantitative estimate of drug-likeness (QED) is 0.0404. The molecule has 0 unspecified atom stereocenters. The summed E-state index contributed by atoms with van der Waals surface area (Å²) in [5, 5.41) is 223. The predicted molar refractivity (Wildman–Crippen MR) is 267 cm³/mol. The summed E-state index contributed by atoms with van der Waals surface area (Å²) in [7, 11) is 0. The van der Waals surface area contributed by atoms with Crippen LogP contribution >= 0.6 is 0 Å². The minimum atomic E-state index is -2.34. The third-order valence-electron chi connectivity index (χ3n) is 15.3. The second-order valence-electron chi connectivity index (χ2n) is 21.6. The molecule has 23 N–H and O–H groups in total. The molecule has 6 rings (SSSR count). The minimum absolute atomic E-state index is 0.821. The molecule has 0 aromatic heterocycles. The van der Waals surface area contributed by atoms with E-state index in [1.807, 2.05) is 0 Å². The molecule has 6 saturated heterocycles. The fourth-order valence-corrected chi connectivity index (χ4v) is 10.6. The zero-order chi connectivity index (χ0) is 63.9. The minimum Gasteiger partial charge on any atom is -0.394 e. The van der Waals surface area contributed by atoms with Crippen LogP contribution in [0, 0.1) is 0 Å². The van der Waals surface area contributed by atoms with Gasteiger partial charge in [-0.05, 0) is 6.92 Å². The number of nitrogens with one attached hydrogen (secondary N) is 3. The Bertz CT molecular complexity index is 2110. The van der Waals surface area contributed by atoms with Crippen molar-refractivity contribution in [2.24, 2.45) is 0 Å². The Morgan fingerprint density at radius 2 is 0.814 bits per heavy atom. The summed E-state index contributed by atoms with van der Waals surface area (Å²) in [5.74, 6) is -2.62. The molecule has 0 bridgehead atoms. The third-order valence-corrected chi connectivity index (χ3v) is 15.3. The van der Waals surface area contributed by atoms with Crippen molar-refractivity contribution >= 4 is 17.7 Å². The van der Waals surface area contributed by atoms with Crippen LogP contribution in [-0.4, -0.2) is 375 Å². The summed E-state index contributed by atoms with van der Waals surface area (Å²) < 4.78 is 70.2. The molecule has 0 aromatic rings. The Kier molecular flexibility index (Phi) is 26.8. The number of carbonyl (C=O) groups excluding carboxylic acids is 3. The van der Waals surface area contributed by atoms with Crippen molar-refractivity contribution in [3.05, 3.63) is 0 Å². The molecule has 3 amide bonds. The van der Waals surface area contributed by atoms with E-state index in [9.17, 15) is 117 Å². The lowest BCUT2D eigenvalue weighted by molar-refractivity contribution is -0.387. The van der Waals surface area contributed by atoms with Crippen LogP contribution in [0.1, 0.15) is 27.7 Å². The Morgan fingerprint density at radius 3 is 1.31 bits per heavy atom. The van der Waals surface area contributed by atoms with Gasteiger partial charge >= 0.3 is 0 Å². The first kappa shape index (κ1) is 72.2. The van der Waals surface area contributed by atoms with E-state index in [0.717, 1.165) is 20.8 Å². The van der Waals surface area contributed by atoms with Crippen LogP contribution in [-0.2, 0) is 71.2 Å². The second kappa shape index (κ2) is 31.9. The molecule has 6 aliphatic heterocycles. The maximum atomic E-state index is 13.1. The molecule has 500 valence electrons. The van der Waals surface area contributed by atoms with Gasteiger partial charge in [0.25, 0.3) is 0 Å². The summed E-state index contributed by atoms with van der Waals surface area (Å²) in [4.78, 5) is 38.1. The molecule has 6 fully saturated rings. The Labute approximate surface area is 488 Å². The van der Waals surface area contributed by atoms with Crippen LogP contribution in [0.15, 0.2) is 0 Å². The Morgan fingerprint density at radius 1 is 0.419 bits per heavy atom. The van der Waals surface area contributed by atoms with E-state index in [1.54, 1.807) is 0 Å². The van der Waals surface area contributed by atoms with Crippen molar-refractivity contribution in [2.75, 3.05) is 46.2 Å². The topological polar surface area (TPSA) is 603 Å². The zero-order valence-electron chi connectivity index (χ0n) is 46.6. The average molecular weight is 1260 g/mol. The summed E-state index contributed by atoms with van der Waals surface area (Å²) in [5.41, 5.74) is 0. The van der Waals surface area contributed by atoms with Crippen molar-refractivity contribution in [3.63, 3.8) is 0 Å². The highest BCUT2D eigenvalue weighted by Crippen LogP contribution is 2.37. The molecular weight excluding hydrogens is 1180 g/mol. The average Bonchev–Trinajstić information content (AvgIpc) is 1.12. The SMILES string of the molecule is CC(=O)N[C@H]1[C@H](OC[C@@H](O)[C@H](O)[C@H](O[C@@H]2O[C@H](CO)[C@H](O)[C@H](O)[C@H]2O)[C@H](CO)NC(C)=O)O[C@H](CO)[C@@H](O[C@@H]2O[C@H](CO)[C@H](O)[C@H](O[C@@H]3O[C@H](CO)[C@@H](O)[C@H](O[C@@H]4O[C@H](CO)[C@H](O)[C@H](O)[C@H]4O)[C@H]3NC(C)=O)[C@H]2O)[C@@H]1O[C@@H]1O[C@@H](C)[C@@H](O)[C@@H](O)[C@@H]1O. The molecule has 38 heteroatoms. The first-order chi connectivity index (χ1) is 40.6. The van der Waals surface area contributed by atoms with Crippen LogP contribution in [0.5, 0.6) is 0 Å². The van der Waals surface area contributed by atoms with Crippen LogP contribution in [0.4, 0.5) is 0 Å². The van der Waals surface area contributed by atoms with E-state index in [4.69, 9.17) is 56.8 Å². The highest BCUT2D eigenvalue weighted by Gasteiger charge is 2.58. The number of hydrogen-bond acceptors (Lipinski definition) is 35. The Hall–Kier alpha value is -2.87. The normalized spacial score (nSPS) is 45.5. The van der Waals surface area contributed by atoms with Gasteiger partial charge in [-0.3, -0.25) is 14.4 Å². The van der Waals surface area contributed by atoms with Crippen LogP contribution < -0.4 is 16.0 Å². The molecule has 38 nitrogen and oxygen atoms in total. The standard InChI is InChI=1S/C48H83N3O35/c1-12-25(62)31(68)34(71)45(76-12)85-41-24(51-15(4)60)43(75-11-17(61)26(63)38(16(5-52)49-13(2)58)82-46-35(72)32(69)27(64)18(6-53)78-46)81-22(10-57)39(41)83-48-37(74)42(30(67)21(9-56)80-48)86-44-23(50-14(3)59)40(29(66)20(8-55)77-44)84-47-36(73)33(70)28(65)19(7-54)79-47/h12,16-48,52-57,61-74H,5-11H2,1-4H3,(H,49,58)(H,50,59)(H,51,60)/t12-,16-,17+,18+,19+,20+,21+,22+,23+,24+,25+,26-,27-,28-,29+,30-,31+,32-,33-,34-,35+,36+,37+,38+,39+,40+,41+,42-,43+,44-,45-,46-,47-,48-/m0/s1. The lowest BCUT2D eigenvalue weighted by Gasteiger charge is -2.51. The number of ether oxygens (including phenoxy) is 12. The molecule has 6 aliphatic rings. The van der Waals surface area contributed by atoms with Crippen molar-refractivity contribution in [3.8, 4) is 0 Å². The van der Waals surface area contributed by atoms with Gasteiger partial charge in [0.05, 0.1) is 58.4 Å². The van der Waals surface area contributed by atoms with Gasteiger partial charge in [-0.15, -0.1) is 0 Å². The summed E-state index contributed by atoms with van der Waals surface area (Å²) >= 11 is 0. The van der Waals surface area contributed by atoms with Gasteiger partial charge in [-0.25, -0.2) is 0 Å². The molecule has 0 aromatic carbocycles. The smallest absolute Gasteiger partial charge is 0.217 e. The third kappa shape index (κ3) is 16.4. The number of carbonyl (C=O) groups is 3. The van der Waals surface area contributed by atoms with E-state index in [-0.39, 0.29) is 0 Å². The zero-order valence-corrected chi connectivity index (χ0v) is 46.6. The summed E-state index contributed by atoms with van der Waals surface area (Å²) in [6, 6.07) is -5.30. The van der Waals surface area contributed by atoms with Gasteiger partial charge in [0, 0.05) is 20.8 Å². The maximum Gasteiger partial charge on any atom is 0.217 e. The van der Waals surface area contributed by atoms with Gasteiger partial charge in [0.1, 0.15) is 159 Å². The van der Waals surface area contributed by atoms with Crippen LogP contribution in [0.3, 0.4) is 0 Å². The Balaban J connectivity index is 1.32. The van der Waals surface area contributed by atoms with E-state index in [0.29, 0.717) is 0 Å². The number of hydrogen-bond donors (Lipinski definition) is 23. The fraction of sp³-hybridized carbons (Fsp3) is 0.938. The van der Waals surface area contributed by atoms with Crippen molar-refractivity contribution in [1.82, 2.24) is 16.0 Å². The van der Waals surface area contributed by atoms with E-state index < -0.39 is 272 Å². The number of aliphatic hydroxyl groups is 20. The van der Waals surface area contributed by atoms with Gasteiger partial charge in [0.2, 0.25) is 17.7 Å². The largest absolute Gasteiger partial charge is 0.394 e. The molecule has 6 heterocycles. The maximum absolute atomic E-state index is 13.1. The van der Waals surface area contributed by atoms with Gasteiger partial charge in [0.15, 0.2) is 37.7 Å². The van der Waals surface area contributed by atoms with Crippen molar-refractivity contribution in [2.45, 2.75) is 236 Å². The van der Waals surface area contributed by atoms with E-state index in [2.05, 4.69) is 16.0 Å². The van der Waals surface area contributed by atoms with Crippen LogP contribution in [0.2, 0.25) is 0 Å². The highest BCUT2D eigenvalue weighted by atomic mass is 16.8. The van der Waals surface area contributed by atoms with E-state index in [1.165, 1.54) is 6.92 Å². The van der Waals surface area contributed by atoms with Gasteiger partial charge < -0.3 is 175 Å². The molecule has 34 atom stereocenters. The molecule has 0 spiro atoms. The second-order valence-corrected chi connectivity index (χ2v) is 21.6. The first-order valence-corrected chi connectivity index (χ1v) is 27.4. The number of rotatable bonds is 25.